The van der Waals surface area contributed by atoms with Crippen molar-refractivity contribution in [2.75, 3.05) is 39.6 Å². The number of aliphatic hydroxyl groups is 18. The van der Waals surface area contributed by atoms with Crippen molar-refractivity contribution in [2.24, 2.45) is 0 Å². The summed E-state index contributed by atoms with van der Waals surface area (Å²) in [6, 6.07) is -5.25. The molecule has 7 heterocycles. The molecule has 84 heavy (non-hydrogen) atoms. The van der Waals surface area contributed by atoms with Gasteiger partial charge in [0.15, 0.2) is 44.0 Å². The van der Waals surface area contributed by atoms with Crippen molar-refractivity contribution in [3.8, 4) is 0 Å². The van der Waals surface area contributed by atoms with Gasteiger partial charge in [0.25, 0.3) is 0 Å². The Kier molecular flexibility index (Phi) is 24.2. The summed E-state index contributed by atoms with van der Waals surface area (Å²) in [7, 11) is 0. The zero-order valence-corrected chi connectivity index (χ0v) is 45.5. The summed E-state index contributed by atoms with van der Waals surface area (Å²) in [4.78, 5) is 37.8. The Labute approximate surface area is 476 Å². The highest BCUT2D eigenvalue weighted by Crippen LogP contribution is 2.39. The molecule has 7 aliphatic rings. The first-order chi connectivity index (χ1) is 39.7. The van der Waals surface area contributed by atoms with Crippen molar-refractivity contribution < 1.29 is 168 Å². The number of amides is 3. The molecule has 3 amide bonds. The number of carbonyl (C=O) groups excluding carboxylic acids is 3. The fraction of sp³-hybridized carbons (Fsp3) is 0.936. The summed E-state index contributed by atoms with van der Waals surface area (Å²) < 4.78 is 77.4. The summed E-state index contributed by atoms with van der Waals surface area (Å²) >= 11 is 0. The third-order valence-corrected chi connectivity index (χ3v) is 15.3. The number of carbonyl (C=O) groups is 3. The lowest BCUT2D eigenvalue weighted by atomic mass is 9.93. The molecule has 34 atom stereocenters. The highest BCUT2D eigenvalue weighted by atomic mass is 16.8. The van der Waals surface area contributed by atoms with Gasteiger partial charge >= 0.3 is 0 Å². The number of ether oxygens (including phenoxy) is 13. The van der Waals surface area contributed by atoms with E-state index in [1.165, 1.54) is 6.92 Å². The van der Waals surface area contributed by atoms with Gasteiger partial charge in [-0.15, -0.1) is 0 Å². The topological polar surface area (TPSA) is 571 Å². The summed E-state index contributed by atoms with van der Waals surface area (Å²) in [5, 5.41) is 204. The number of aliphatic hydroxyl groups excluding tert-OH is 18. The third kappa shape index (κ3) is 14.9. The maximum absolute atomic E-state index is 13.0. The standard InChI is InChI=1S/C47H79N3O34/c1-11-24(60)31(67)34(70)45(73-11)81-37-23(50-14(4)58)41(71)74-20(9-55)36(37)80-43-22(49-13(3)57)30(66)35(19(8-54)78-43)79-47-40(84-44-33(69)25(61)15(59)10-72-44)38(28(64)18(7-53)77-47)82-46-39(32(68)27(63)17(6-52)76-46)83-42-21(48-12(2)56)29(65)26(62)16(5-51)75-42/h11,15-47,51-55,59-71H,5-10H2,1-4H3,(H,48,56)(H,49,57)(H,50,58)/t11-,15+,16+,17+,18+,19+,20+,21+,22+,23+,24+,25-,26+,27+,28+,29+,30+,31+,32-,33+,34-,35+,36+,37+,38-,39-,40-,41+,42-,43-,44-,45-,46+,47-/m0/s1. The quantitative estimate of drug-likeness (QED) is 0.0538. The lowest BCUT2D eigenvalue weighted by Crippen LogP contribution is -2.71. The molecule has 37 nitrogen and oxygen atoms in total. The minimum atomic E-state index is -2.23. The first kappa shape index (κ1) is 68.7. The van der Waals surface area contributed by atoms with Gasteiger partial charge in [0, 0.05) is 20.8 Å². The predicted octanol–water partition coefficient (Wildman–Crippen LogP) is -14.2. The molecule has 0 aromatic rings. The number of hydrogen-bond acceptors (Lipinski definition) is 34. The molecule has 7 rings (SSSR count). The molecule has 7 aliphatic heterocycles. The minimum Gasteiger partial charge on any atom is -0.394 e. The Bertz CT molecular complexity index is 2120. The highest BCUT2D eigenvalue weighted by Gasteiger charge is 2.60. The molecule has 486 valence electrons. The number of hydrogen-bond donors (Lipinski definition) is 21. The van der Waals surface area contributed by atoms with Crippen molar-refractivity contribution >= 4 is 17.7 Å². The lowest BCUT2D eigenvalue weighted by molar-refractivity contribution is -0.408. The maximum atomic E-state index is 13.0. The van der Waals surface area contributed by atoms with Crippen molar-refractivity contribution in [1.29, 1.82) is 0 Å². The third-order valence-electron chi connectivity index (χ3n) is 15.3. The van der Waals surface area contributed by atoms with Crippen LogP contribution in [0.5, 0.6) is 0 Å². The smallest absolute Gasteiger partial charge is 0.217 e. The Morgan fingerprint density at radius 2 is 0.774 bits per heavy atom. The van der Waals surface area contributed by atoms with Crippen LogP contribution in [0.2, 0.25) is 0 Å². The fourth-order valence-corrected chi connectivity index (χ4v) is 10.8. The van der Waals surface area contributed by atoms with Gasteiger partial charge in [-0.3, -0.25) is 14.4 Å². The Balaban J connectivity index is 1.24. The Morgan fingerprint density at radius 1 is 0.357 bits per heavy atom. The SMILES string of the molecule is CC(=O)N[C@@H]1[C@@H](O[C@@H]2O[C@@H](C)[C@@H](O)[C@@H](O)[C@@H]2O)[C@H](O[C@@H]2O[C@H](CO)[C@@H](O[C@@H]3O[C@H](CO)[C@@H](O)[C@H](O[C@H]4O[C@H](CO)[C@@H](O)[C@H](O)[C@@H]4O[C@@H]4O[C@H](CO)[C@@H](O)[C@H](O)[C@H]4NC(C)=O)[C@@H]3O[C@@H]3OC[C@@H](O)[C@H](O)[C@H]3O)[C@H](O)[C@H]2NC(C)=O)[C@@H](CO)O[C@H]1O. The van der Waals surface area contributed by atoms with Crippen LogP contribution in [0.25, 0.3) is 0 Å². The first-order valence-electron chi connectivity index (χ1n) is 26.9. The van der Waals surface area contributed by atoms with E-state index in [0.29, 0.717) is 0 Å². The number of rotatable bonds is 20. The van der Waals surface area contributed by atoms with Crippen LogP contribution in [0.4, 0.5) is 0 Å². The fourth-order valence-electron chi connectivity index (χ4n) is 10.8. The van der Waals surface area contributed by atoms with Crippen LogP contribution in [0.3, 0.4) is 0 Å². The largest absolute Gasteiger partial charge is 0.394 e. The van der Waals surface area contributed by atoms with Gasteiger partial charge in [-0.25, -0.2) is 0 Å². The van der Waals surface area contributed by atoms with E-state index < -0.39 is 266 Å². The molecule has 0 bridgehead atoms. The zero-order valence-electron chi connectivity index (χ0n) is 45.5. The van der Waals surface area contributed by atoms with Gasteiger partial charge in [-0.1, -0.05) is 0 Å². The van der Waals surface area contributed by atoms with Crippen LogP contribution in [-0.4, -0.2) is 358 Å². The second-order valence-electron chi connectivity index (χ2n) is 21.3. The van der Waals surface area contributed by atoms with Crippen LogP contribution in [-0.2, 0) is 76.0 Å². The molecule has 0 spiro atoms. The second kappa shape index (κ2) is 29.7. The van der Waals surface area contributed by atoms with Crippen molar-refractivity contribution in [3.63, 3.8) is 0 Å². The Morgan fingerprint density at radius 3 is 1.33 bits per heavy atom. The van der Waals surface area contributed by atoms with Crippen LogP contribution in [0.1, 0.15) is 27.7 Å². The van der Waals surface area contributed by atoms with E-state index in [2.05, 4.69) is 16.0 Å². The highest BCUT2D eigenvalue weighted by molar-refractivity contribution is 5.74. The van der Waals surface area contributed by atoms with Crippen molar-refractivity contribution in [2.45, 2.75) is 236 Å². The van der Waals surface area contributed by atoms with E-state index in [9.17, 15) is 106 Å². The molecule has 7 fully saturated rings. The molecule has 0 aromatic carbocycles. The van der Waals surface area contributed by atoms with Crippen LogP contribution < -0.4 is 16.0 Å². The summed E-state index contributed by atoms with van der Waals surface area (Å²) in [5.74, 6) is -2.50. The lowest BCUT2D eigenvalue weighted by Gasteiger charge is -2.52. The molecule has 0 unspecified atom stereocenters. The molecule has 0 saturated carbocycles. The predicted molar refractivity (Wildman–Crippen MR) is 259 cm³/mol. The van der Waals surface area contributed by atoms with Crippen molar-refractivity contribution in [3.05, 3.63) is 0 Å². The summed E-state index contributed by atoms with van der Waals surface area (Å²) in [6.07, 6.45) is -60.1. The van der Waals surface area contributed by atoms with Gasteiger partial charge in [-0.2, -0.15) is 0 Å². The molecular weight excluding hydrogens is 1150 g/mol. The van der Waals surface area contributed by atoms with E-state index in [0.717, 1.165) is 20.8 Å². The van der Waals surface area contributed by atoms with E-state index in [1.54, 1.807) is 0 Å². The number of nitrogens with one attached hydrogen (secondary N) is 3. The van der Waals surface area contributed by atoms with Gasteiger partial charge in [0.1, 0.15) is 159 Å². The normalized spacial score (nSPS) is 49.4. The summed E-state index contributed by atoms with van der Waals surface area (Å²) in [6.45, 7) is -1.63. The molecule has 0 aromatic heterocycles. The first-order valence-corrected chi connectivity index (χ1v) is 26.9. The molecular formula is C47H79N3O34. The monoisotopic (exact) mass is 1230 g/mol. The average molecular weight is 1230 g/mol. The zero-order chi connectivity index (χ0) is 61.9. The maximum Gasteiger partial charge on any atom is 0.217 e. The van der Waals surface area contributed by atoms with E-state index in [4.69, 9.17) is 61.6 Å². The summed E-state index contributed by atoms with van der Waals surface area (Å²) in [5.41, 5.74) is 0. The molecule has 0 radical (unpaired) electrons. The van der Waals surface area contributed by atoms with E-state index >= 15 is 0 Å². The molecule has 0 aliphatic carbocycles. The second-order valence-corrected chi connectivity index (χ2v) is 21.3. The van der Waals surface area contributed by atoms with E-state index in [1.807, 2.05) is 0 Å². The van der Waals surface area contributed by atoms with Crippen LogP contribution in [0.15, 0.2) is 0 Å². The Hall–Kier alpha value is -2.83. The molecule has 7 saturated heterocycles. The molecule has 21 N–H and O–H groups in total. The van der Waals surface area contributed by atoms with Gasteiger partial charge in [-0.05, 0) is 6.92 Å². The van der Waals surface area contributed by atoms with E-state index in [-0.39, 0.29) is 0 Å². The molecule has 37 heteroatoms. The average Bonchev–Trinajstić information content (AvgIpc) is 1.40. The van der Waals surface area contributed by atoms with Crippen LogP contribution in [0, 0.1) is 0 Å². The minimum absolute atomic E-state index is 0.717. The van der Waals surface area contributed by atoms with Gasteiger partial charge in [0.2, 0.25) is 17.7 Å². The van der Waals surface area contributed by atoms with Gasteiger partial charge < -0.3 is 169 Å². The van der Waals surface area contributed by atoms with Crippen molar-refractivity contribution in [1.82, 2.24) is 16.0 Å². The van der Waals surface area contributed by atoms with Gasteiger partial charge in [0.05, 0.1) is 45.7 Å². The van der Waals surface area contributed by atoms with Crippen LogP contribution >= 0.6 is 0 Å².